The van der Waals surface area contributed by atoms with Crippen LogP contribution < -0.4 is 4.72 Å². The van der Waals surface area contributed by atoms with Gasteiger partial charge in [-0.1, -0.05) is 0 Å². The zero-order valence-electron chi connectivity index (χ0n) is 11.8. The Bertz CT molecular complexity index is 606. The van der Waals surface area contributed by atoms with Crippen LogP contribution in [0.2, 0.25) is 0 Å². The fraction of sp³-hybridized carbons (Fsp3) is 0.667. The Morgan fingerprint density at radius 3 is 2.86 bits per heavy atom. The van der Waals surface area contributed by atoms with Gasteiger partial charge in [0.1, 0.15) is 4.90 Å². The normalized spacial score (nSPS) is 15.3. The van der Waals surface area contributed by atoms with Gasteiger partial charge in [0, 0.05) is 19.8 Å². The maximum absolute atomic E-state index is 12.1. The quantitative estimate of drug-likeness (QED) is 0.571. The minimum absolute atomic E-state index is 0.191. The average Bonchev–Trinajstić information content (AvgIpc) is 3.13. The average molecular weight is 317 g/mol. The number of nitrogens with zero attached hydrogens (tertiary/aromatic N) is 1. The molecule has 0 aliphatic heterocycles. The number of hydrogen-bond donors (Lipinski definition) is 3. The summed E-state index contributed by atoms with van der Waals surface area (Å²) in [6.45, 7) is 2.87. The van der Waals surface area contributed by atoms with Gasteiger partial charge < -0.3 is 9.84 Å². The van der Waals surface area contributed by atoms with Crippen LogP contribution in [-0.2, 0) is 14.8 Å². The van der Waals surface area contributed by atoms with Crippen LogP contribution in [0.3, 0.4) is 0 Å². The molecule has 0 unspecified atom stereocenters. The highest BCUT2D eigenvalue weighted by molar-refractivity contribution is 7.89. The summed E-state index contributed by atoms with van der Waals surface area (Å²) in [5.41, 5.74) is -0.296. The predicted octanol–water partition coefficient (Wildman–Crippen LogP) is 0.511. The van der Waals surface area contributed by atoms with Crippen LogP contribution in [-0.4, -0.2) is 49.4 Å². The number of ether oxygens (including phenoxy) is 1. The maximum atomic E-state index is 12.1. The standard InChI is InChI=1S/C12H19N3O5S/c1-8-11(10(12(16)17)15-14-8)21(18,19)13-5-2-6-20-7-9-3-4-9/h9,13H,2-7H2,1H3,(H,14,15)(H,16,17). The van der Waals surface area contributed by atoms with E-state index in [-0.39, 0.29) is 17.1 Å². The van der Waals surface area contributed by atoms with Crippen molar-refractivity contribution in [1.29, 1.82) is 0 Å². The molecule has 3 N–H and O–H groups in total. The summed E-state index contributed by atoms with van der Waals surface area (Å²) in [5.74, 6) is -0.708. The van der Waals surface area contributed by atoms with E-state index in [1.807, 2.05) is 0 Å². The SMILES string of the molecule is Cc1[nH]nc(C(=O)O)c1S(=O)(=O)NCCCOCC1CC1. The molecule has 8 nitrogen and oxygen atoms in total. The Balaban J connectivity index is 1.86. The molecule has 2 rings (SSSR count). The molecule has 0 bridgehead atoms. The van der Waals surface area contributed by atoms with Crippen molar-refractivity contribution in [1.82, 2.24) is 14.9 Å². The van der Waals surface area contributed by atoms with Crippen LogP contribution in [0.1, 0.15) is 35.4 Å². The van der Waals surface area contributed by atoms with Crippen molar-refractivity contribution in [3.63, 3.8) is 0 Å². The number of sulfonamides is 1. The molecular weight excluding hydrogens is 298 g/mol. The number of aromatic nitrogens is 2. The van der Waals surface area contributed by atoms with E-state index in [4.69, 9.17) is 9.84 Å². The van der Waals surface area contributed by atoms with Crippen LogP contribution in [0, 0.1) is 12.8 Å². The lowest BCUT2D eigenvalue weighted by molar-refractivity contribution is 0.0686. The monoisotopic (exact) mass is 317 g/mol. The molecule has 0 spiro atoms. The van der Waals surface area contributed by atoms with Crippen LogP contribution in [0.5, 0.6) is 0 Å². The van der Waals surface area contributed by atoms with E-state index in [1.165, 1.54) is 19.8 Å². The number of carboxylic acid groups (broad SMARTS) is 1. The lowest BCUT2D eigenvalue weighted by atomic mass is 10.4. The molecule has 1 saturated carbocycles. The van der Waals surface area contributed by atoms with Gasteiger partial charge in [-0.15, -0.1) is 0 Å². The van der Waals surface area contributed by atoms with Crippen molar-refractivity contribution >= 4 is 16.0 Å². The Kier molecular flexibility index (Phi) is 4.96. The molecule has 0 aromatic carbocycles. The zero-order valence-corrected chi connectivity index (χ0v) is 12.6. The summed E-state index contributed by atoms with van der Waals surface area (Å²) < 4.78 is 32.0. The smallest absolute Gasteiger partial charge is 0.357 e. The largest absolute Gasteiger partial charge is 0.476 e. The molecule has 1 aromatic heterocycles. The lowest BCUT2D eigenvalue weighted by Gasteiger charge is -2.07. The second-order valence-electron chi connectivity index (χ2n) is 5.10. The lowest BCUT2D eigenvalue weighted by Crippen LogP contribution is -2.27. The fourth-order valence-corrected chi connectivity index (χ4v) is 3.27. The minimum Gasteiger partial charge on any atom is -0.476 e. The molecule has 0 saturated heterocycles. The first-order valence-corrected chi connectivity index (χ1v) is 8.26. The third-order valence-corrected chi connectivity index (χ3v) is 4.79. The molecule has 1 heterocycles. The second-order valence-corrected chi connectivity index (χ2v) is 6.80. The third kappa shape index (κ3) is 4.26. The summed E-state index contributed by atoms with van der Waals surface area (Å²) in [7, 11) is -3.89. The van der Waals surface area contributed by atoms with Gasteiger partial charge in [0.05, 0.1) is 5.69 Å². The molecule has 0 amide bonds. The van der Waals surface area contributed by atoms with Gasteiger partial charge in [-0.25, -0.2) is 17.9 Å². The molecule has 0 atom stereocenters. The minimum atomic E-state index is -3.89. The van der Waals surface area contributed by atoms with E-state index in [1.54, 1.807) is 0 Å². The number of aromatic carboxylic acids is 1. The van der Waals surface area contributed by atoms with E-state index in [9.17, 15) is 13.2 Å². The number of rotatable bonds is 9. The molecule has 1 aliphatic carbocycles. The Labute approximate surface area is 122 Å². The number of carbonyl (C=O) groups is 1. The topological polar surface area (TPSA) is 121 Å². The molecule has 1 aliphatic rings. The van der Waals surface area contributed by atoms with Crippen molar-refractivity contribution in [2.24, 2.45) is 5.92 Å². The summed E-state index contributed by atoms with van der Waals surface area (Å²) in [6, 6.07) is 0. The predicted molar refractivity (Wildman–Crippen MR) is 73.6 cm³/mol. The molecule has 118 valence electrons. The van der Waals surface area contributed by atoms with Gasteiger partial charge in [-0.2, -0.15) is 5.10 Å². The van der Waals surface area contributed by atoms with Crippen molar-refractivity contribution in [2.75, 3.05) is 19.8 Å². The molecular formula is C12H19N3O5S. The first kappa shape index (κ1) is 15.9. The highest BCUT2D eigenvalue weighted by Gasteiger charge is 2.27. The van der Waals surface area contributed by atoms with Gasteiger partial charge in [0.2, 0.25) is 10.0 Å². The molecule has 9 heteroatoms. The molecule has 0 radical (unpaired) electrons. The van der Waals surface area contributed by atoms with E-state index in [0.29, 0.717) is 18.9 Å². The Morgan fingerprint density at radius 2 is 2.24 bits per heavy atom. The Morgan fingerprint density at radius 1 is 1.52 bits per heavy atom. The third-order valence-electron chi connectivity index (χ3n) is 3.17. The second kappa shape index (κ2) is 6.54. The van der Waals surface area contributed by atoms with E-state index in [2.05, 4.69) is 14.9 Å². The molecule has 1 fully saturated rings. The molecule has 1 aromatic rings. The fourth-order valence-electron chi connectivity index (χ4n) is 1.88. The maximum Gasteiger partial charge on any atom is 0.357 e. The van der Waals surface area contributed by atoms with Gasteiger partial charge >= 0.3 is 5.97 Å². The van der Waals surface area contributed by atoms with Gasteiger partial charge in [0.15, 0.2) is 5.69 Å². The van der Waals surface area contributed by atoms with Crippen LogP contribution in [0.25, 0.3) is 0 Å². The van der Waals surface area contributed by atoms with Crippen LogP contribution in [0.15, 0.2) is 4.90 Å². The number of nitrogens with one attached hydrogen (secondary N) is 2. The van der Waals surface area contributed by atoms with E-state index < -0.39 is 21.7 Å². The summed E-state index contributed by atoms with van der Waals surface area (Å²) in [4.78, 5) is 10.7. The zero-order chi connectivity index (χ0) is 15.5. The van der Waals surface area contributed by atoms with Gasteiger partial charge in [0.25, 0.3) is 0 Å². The Hall–Kier alpha value is -1.45. The highest BCUT2D eigenvalue weighted by atomic mass is 32.2. The summed E-state index contributed by atoms with van der Waals surface area (Å²) in [5, 5.41) is 14.8. The van der Waals surface area contributed by atoms with Gasteiger partial charge in [-0.3, -0.25) is 5.10 Å². The summed E-state index contributed by atoms with van der Waals surface area (Å²) >= 11 is 0. The number of hydrogen-bond acceptors (Lipinski definition) is 5. The van der Waals surface area contributed by atoms with Crippen LogP contribution >= 0.6 is 0 Å². The van der Waals surface area contributed by atoms with E-state index >= 15 is 0 Å². The van der Waals surface area contributed by atoms with Crippen molar-refractivity contribution in [2.45, 2.75) is 31.1 Å². The highest BCUT2D eigenvalue weighted by Crippen LogP contribution is 2.28. The number of carboxylic acids is 1. The van der Waals surface area contributed by atoms with Crippen molar-refractivity contribution in [3.05, 3.63) is 11.4 Å². The number of aryl methyl sites for hydroxylation is 1. The van der Waals surface area contributed by atoms with Gasteiger partial charge in [-0.05, 0) is 32.1 Å². The summed E-state index contributed by atoms with van der Waals surface area (Å²) in [6.07, 6.45) is 2.96. The molecule has 21 heavy (non-hydrogen) atoms. The van der Waals surface area contributed by atoms with Crippen molar-refractivity contribution in [3.8, 4) is 0 Å². The van der Waals surface area contributed by atoms with Crippen LogP contribution in [0.4, 0.5) is 0 Å². The number of aromatic amines is 1. The first-order valence-electron chi connectivity index (χ1n) is 6.77. The first-order chi connectivity index (χ1) is 9.92. The van der Waals surface area contributed by atoms with E-state index in [0.717, 1.165) is 6.61 Å². The number of H-pyrrole nitrogens is 1. The van der Waals surface area contributed by atoms with Crippen molar-refractivity contribution < 1.29 is 23.1 Å².